The van der Waals surface area contributed by atoms with Crippen molar-refractivity contribution >= 4 is 46.3 Å². The van der Waals surface area contributed by atoms with E-state index >= 15 is 0 Å². The number of nitrogens with zero attached hydrogens (tertiary/aromatic N) is 1. The van der Waals surface area contributed by atoms with Crippen molar-refractivity contribution < 1.29 is 24.9 Å². The van der Waals surface area contributed by atoms with E-state index in [0.29, 0.717) is 10.5 Å². The lowest BCUT2D eigenvalue weighted by atomic mass is 10.2. The Morgan fingerprint density at radius 3 is 2.71 bits per heavy atom. The zero-order chi connectivity index (χ0) is 15.6. The second kappa shape index (κ2) is 6.15. The van der Waals surface area contributed by atoms with Gasteiger partial charge in [0.15, 0.2) is 11.5 Å². The van der Waals surface area contributed by atoms with Crippen molar-refractivity contribution in [2.45, 2.75) is 6.42 Å². The van der Waals surface area contributed by atoms with Gasteiger partial charge in [-0.2, -0.15) is 0 Å². The summed E-state index contributed by atoms with van der Waals surface area (Å²) in [4.78, 5) is 24.1. The van der Waals surface area contributed by atoms with Crippen molar-refractivity contribution in [2.75, 3.05) is 6.54 Å². The number of carboxylic acid groups (broad SMARTS) is 1. The maximum atomic E-state index is 12.1. The van der Waals surface area contributed by atoms with Crippen LogP contribution < -0.4 is 5.11 Å². The number of aromatic hydroxyl groups is 2. The van der Waals surface area contributed by atoms with Crippen molar-refractivity contribution in [3.05, 3.63) is 28.7 Å². The van der Waals surface area contributed by atoms with E-state index in [1.54, 1.807) is 0 Å². The van der Waals surface area contributed by atoms with Gasteiger partial charge >= 0.3 is 0 Å². The lowest BCUT2D eigenvalue weighted by molar-refractivity contribution is -0.305. The van der Waals surface area contributed by atoms with Gasteiger partial charge in [-0.1, -0.05) is 30.0 Å². The zero-order valence-corrected chi connectivity index (χ0v) is 12.2. The van der Waals surface area contributed by atoms with Crippen LogP contribution in [0.1, 0.15) is 12.0 Å². The third-order valence-corrected chi connectivity index (χ3v) is 4.09. The van der Waals surface area contributed by atoms with E-state index in [1.165, 1.54) is 29.2 Å². The molecule has 21 heavy (non-hydrogen) atoms. The summed E-state index contributed by atoms with van der Waals surface area (Å²) in [5.74, 6) is -2.19. The number of carbonyl (C=O) groups is 2. The molecule has 2 N–H and O–H groups in total. The number of rotatable bonds is 4. The topological polar surface area (TPSA) is 101 Å². The van der Waals surface area contributed by atoms with E-state index in [4.69, 9.17) is 12.2 Å². The first kappa shape index (κ1) is 15.3. The Morgan fingerprint density at radius 1 is 1.38 bits per heavy atom. The van der Waals surface area contributed by atoms with E-state index in [2.05, 4.69) is 0 Å². The minimum atomic E-state index is -1.25. The summed E-state index contributed by atoms with van der Waals surface area (Å²) in [5, 5.41) is 29.1. The van der Waals surface area contributed by atoms with Crippen LogP contribution in [0.3, 0.4) is 0 Å². The second-order valence-corrected chi connectivity index (χ2v) is 5.88. The largest absolute Gasteiger partial charge is 0.550 e. The first-order chi connectivity index (χ1) is 9.88. The molecule has 1 aliphatic rings. The minimum Gasteiger partial charge on any atom is -0.550 e. The number of aliphatic carboxylic acids is 1. The molecule has 1 fully saturated rings. The third kappa shape index (κ3) is 3.53. The number of thiocarbonyl (C=S) groups is 1. The van der Waals surface area contributed by atoms with Crippen LogP contribution in [-0.4, -0.2) is 37.9 Å². The van der Waals surface area contributed by atoms with Crippen LogP contribution in [0.15, 0.2) is 23.1 Å². The van der Waals surface area contributed by atoms with Crippen molar-refractivity contribution in [3.8, 4) is 11.5 Å². The van der Waals surface area contributed by atoms with Gasteiger partial charge in [0.05, 0.1) is 4.91 Å². The Hall–Kier alpha value is -2.06. The number of amides is 1. The smallest absolute Gasteiger partial charge is 0.266 e. The molecular weight excluding hydrogens is 314 g/mol. The number of benzene rings is 1. The van der Waals surface area contributed by atoms with Crippen LogP contribution in [0.5, 0.6) is 11.5 Å². The van der Waals surface area contributed by atoms with E-state index in [9.17, 15) is 24.9 Å². The Labute approximate surface area is 129 Å². The van der Waals surface area contributed by atoms with E-state index in [0.717, 1.165) is 11.8 Å². The normalized spacial score (nSPS) is 16.8. The minimum absolute atomic E-state index is 0.0365. The molecule has 0 radical (unpaired) electrons. The number of thioether (sulfide) groups is 1. The maximum absolute atomic E-state index is 12.1. The van der Waals surface area contributed by atoms with Crippen LogP contribution in [0.25, 0.3) is 6.08 Å². The summed E-state index contributed by atoms with van der Waals surface area (Å²) in [6.07, 6.45) is 1.22. The molecular formula is C13H10NO5S2-. The highest BCUT2D eigenvalue weighted by Crippen LogP contribution is 2.34. The highest BCUT2D eigenvalue weighted by Gasteiger charge is 2.31. The first-order valence-corrected chi connectivity index (χ1v) is 7.08. The summed E-state index contributed by atoms with van der Waals surface area (Å²) in [7, 11) is 0. The molecule has 1 heterocycles. The number of hydrogen-bond donors (Lipinski definition) is 2. The Bertz CT molecular complexity index is 656. The standard InChI is InChI=1S/C13H11NO5S2/c15-8-2-1-7(5-9(8)16)6-10-12(19)14(13(20)21-10)4-3-11(17)18/h1-2,5-6,15-16H,3-4H2,(H,17,18)/p-1/b10-6+. The summed E-state index contributed by atoms with van der Waals surface area (Å²) in [5.41, 5.74) is 0.519. The SMILES string of the molecule is O=C([O-])CCN1C(=O)/C(=C\c2ccc(O)c(O)c2)SC1=S. The van der Waals surface area contributed by atoms with Gasteiger partial charge in [-0.15, -0.1) is 0 Å². The highest BCUT2D eigenvalue weighted by atomic mass is 32.2. The monoisotopic (exact) mass is 324 g/mol. The Morgan fingerprint density at radius 2 is 2.10 bits per heavy atom. The van der Waals surface area contributed by atoms with Crippen LogP contribution in [0.2, 0.25) is 0 Å². The molecule has 2 rings (SSSR count). The van der Waals surface area contributed by atoms with Gasteiger partial charge in [0.25, 0.3) is 5.91 Å². The summed E-state index contributed by atoms with van der Waals surface area (Å²) < 4.78 is 0.274. The molecule has 0 aromatic heterocycles. The van der Waals surface area contributed by atoms with Crippen LogP contribution in [0.4, 0.5) is 0 Å². The molecule has 110 valence electrons. The predicted octanol–water partition coefficient (Wildman–Crippen LogP) is 0.439. The molecule has 6 nitrogen and oxygen atoms in total. The van der Waals surface area contributed by atoms with Gasteiger partial charge in [-0.05, 0) is 23.8 Å². The molecule has 1 saturated heterocycles. The van der Waals surface area contributed by atoms with Gasteiger partial charge in [0.1, 0.15) is 4.32 Å². The molecule has 1 aromatic carbocycles. The maximum Gasteiger partial charge on any atom is 0.266 e. The zero-order valence-electron chi connectivity index (χ0n) is 10.6. The summed E-state index contributed by atoms with van der Waals surface area (Å²) >= 11 is 6.08. The van der Waals surface area contributed by atoms with E-state index < -0.39 is 5.97 Å². The number of phenolic OH excluding ortho intramolecular Hbond substituents is 2. The highest BCUT2D eigenvalue weighted by molar-refractivity contribution is 8.26. The molecule has 1 aliphatic heterocycles. The molecule has 0 saturated carbocycles. The number of carboxylic acids is 1. The molecule has 0 spiro atoms. The van der Waals surface area contributed by atoms with Crippen molar-refractivity contribution in [2.24, 2.45) is 0 Å². The average molecular weight is 324 g/mol. The van der Waals surface area contributed by atoms with Crippen molar-refractivity contribution in [3.63, 3.8) is 0 Å². The van der Waals surface area contributed by atoms with Gasteiger partial charge in [0, 0.05) is 18.9 Å². The lowest BCUT2D eigenvalue weighted by Gasteiger charge is -2.14. The molecule has 1 aromatic rings. The quantitative estimate of drug-likeness (QED) is 0.471. The molecule has 0 unspecified atom stereocenters. The molecule has 8 heteroatoms. The van der Waals surface area contributed by atoms with Crippen molar-refractivity contribution in [1.82, 2.24) is 4.90 Å². The predicted molar refractivity (Wildman–Crippen MR) is 79.3 cm³/mol. The van der Waals surface area contributed by atoms with Gasteiger partial charge < -0.3 is 20.1 Å². The van der Waals surface area contributed by atoms with Gasteiger partial charge in [-0.25, -0.2) is 0 Å². The molecule has 0 atom stereocenters. The average Bonchev–Trinajstić information content (AvgIpc) is 2.67. The van der Waals surface area contributed by atoms with Crippen LogP contribution in [0, 0.1) is 0 Å². The van der Waals surface area contributed by atoms with Crippen LogP contribution in [-0.2, 0) is 9.59 Å². The van der Waals surface area contributed by atoms with Crippen molar-refractivity contribution in [1.29, 1.82) is 0 Å². The summed E-state index contributed by atoms with van der Waals surface area (Å²) in [6.45, 7) is -0.0365. The first-order valence-electron chi connectivity index (χ1n) is 5.85. The number of hydrogen-bond acceptors (Lipinski definition) is 7. The summed E-state index contributed by atoms with van der Waals surface area (Å²) in [6, 6.07) is 4.14. The van der Waals surface area contributed by atoms with E-state index in [-0.39, 0.29) is 34.7 Å². The third-order valence-electron chi connectivity index (χ3n) is 2.71. The Kier molecular flexibility index (Phi) is 4.49. The lowest BCUT2D eigenvalue weighted by Crippen LogP contribution is -2.33. The fourth-order valence-corrected chi connectivity index (χ4v) is 2.99. The van der Waals surface area contributed by atoms with Crippen LogP contribution >= 0.6 is 24.0 Å². The number of carbonyl (C=O) groups excluding carboxylic acids is 2. The van der Waals surface area contributed by atoms with E-state index in [1.807, 2.05) is 0 Å². The molecule has 0 aliphatic carbocycles. The molecule has 0 bridgehead atoms. The fourth-order valence-electron chi connectivity index (χ4n) is 1.68. The number of phenols is 2. The van der Waals surface area contributed by atoms with Gasteiger partial charge in [-0.3, -0.25) is 9.69 Å². The fraction of sp³-hybridized carbons (Fsp3) is 0.154. The Balaban J connectivity index is 2.19. The second-order valence-electron chi connectivity index (χ2n) is 4.20. The van der Waals surface area contributed by atoms with Gasteiger partial charge in [0.2, 0.25) is 0 Å². The molecule has 1 amide bonds.